The number of hydrogen-bond donors (Lipinski definition) is 1. The number of ether oxygens (including phenoxy) is 2. The van der Waals surface area contributed by atoms with E-state index in [0.717, 1.165) is 19.3 Å². The van der Waals surface area contributed by atoms with E-state index in [-0.39, 0.29) is 11.9 Å². The summed E-state index contributed by atoms with van der Waals surface area (Å²) < 4.78 is 13.6. The van der Waals surface area contributed by atoms with E-state index in [1.54, 1.807) is 16.8 Å². The fourth-order valence-electron chi connectivity index (χ4n) is 3.73. The van der Waals surface area contributed by atoms with E-state index in [1.807, 2.05) is 13.0 Å². The zero-order valence-corrected chi connectivity index (χ0v) is 17.9. The Morgan fingerprint density at radius 3 is 2.73 bits per heavy atom. The lowest BCUT2D eigenvalue weighted by molar-refractivity contribution is -0.0368. The van der Waals surface area contributed by atoms with Gasteiger partial charge in [-0.1, -0.05) is 30.1 Å². The van der Waals surface area contributed by atoms with Crippen LogP contribution in [-0.2, 0) is 4.74 Å². The Hall–Kier alpha value is -2.35. The van der Waals surface area contributed by atoms with Crippen LogP contribution in [-0.4, -0.2) is 32.4 Å². The summed E-state index contributed by atoms with van der Waals surface area (Å²) >= 11 is 12.6. The molecule has 2 unspecified atom stereocenters. The van der Waals surface area contributed by atoms with Crippen molar-refractivity contribution in [2.75, 3.05) is 6.61 Å². The number of nitrogens with zero attached hydrogens (tertiary/aromatic N) is 3. The van der Waals surface area contributed by atoms with Crippen LogP contribution in [0.3, 0.4) is 0 Å². The van der Waals surface area contributed by atoms with Gasteiger partial charge in [0.15, 0.2) is 11.9 Å². The van der Waals surface area contributed by atoms with E-state index >= 15 is 0 Å². The second-order valence-corrected chi connectivity index (χ2v) is 7.94. The summed E-state index contributed by atoms with van der Waals surface area (Å²) in [5.41, 5.74) is 1.32. The van der Waals surface area contributed by atoms with Gasteiger partial charge in [0.2, 0.25) is 0 Å². The van der Waals surface area contributed by atoms with Crippen molar-refractivity contribution in [2.24, 2.45) is 0 Å². The second kappa shape index (κ2) is 8.79. The van der Waals surface area contributed by atoms with Gasteiger partial charge in [-0.2, -0.15) is 5.10 Å². The molecule has 1 fully saturated rings. The molecule has 0 amide bonds. The second-order valence-electron chi connectivity index (χ2n) is 7.13. The fraction of sp³-hybridized carbons (Fsp3) is 0.381. The van der Waals surface area contributed by atoms with Crippen LogP contribution in [0.5, 0.6) is 5.75 Å². The number of aromatic nitrogens is 3. The largest absolute Gasteiger partial charge is 0.486 e. The number of carboxylic acids is 1. The lowest BCUT2D eigenvalue weighted by Crippen LogP contribution is -2.19. The molecule has 1 aliphatic heterocycles. The first-order valence-electron chi connectivity index (χ1n) is 9.82. The van der Waals surface area contributed by atoms with Crippen LogP contribution >= 0.6 is 23.2 Å². The first-order chi connectivity index (χ1) is 14.5. The lowest BCUT2D eigenvalue weighted by atomic mass is 10.1. The Labute approximate surface area is 183 Å². The van der Waals surface area contributed by atoms with Gasteiger partial charge in [-0.05, 0) is 43.9 Å². The zero-order chi connectivity index (χ0) is 21.3. The molecular weight excluding hydrogens is 429 g/mol. The number of aromatic carboxylic acids is 1. The van der Waals surface area contributed by atoms with Crippen molar-refractivity contribution in [2.45, 2.75) is 44.9 Å². The molecule has 2 aromatic heterocycles. The predicted molar refractivity (Wildman–Crippen MR) is 113 cm³/mol. The molecule has 0 radical (unpaired) electrons. The molecule has 4 rings (SSSR count). The smallest absolute Gasteiger partial charge is 0.357 e. The van der Waals surface area contributed by atoms with Crippen molar-refractivity contribution in [3.63, 3.8) is 0 Å². The molecule has 1 aliphatic rings. The van der Waals surface area contributed by atoms with Gasteiger partial charge in [-0.25, -0.2) is 9.48 Å². The Morgan fingerprint density at radius 2 is 2.10 bits per heavy atom. The van der Waals surface area contributed by atoms with Gasteiger partial charge in [0.25, 0.3) is 0 Å². The van der Waals surface area contributed by atoms with Crippen LogP contribution < -0.4 is 4.74 Å². The first-order valence-corrected chi connectivity index (χ1v) is 10.6. The highest BCUT2D eigenvalue weighted by atomic mass is 35.5. The maximum Gasteiger partial charge on any atom is 0.357 e. The van der Waals surface area contributed by atoms with Crippen molar-refractivity contribution in [3.8, 4) is 5.75 Å². The Morgan fingerprint density at radius 1 is 1.33 bits per heavy atom. The van der Waals surface area contributed by atoms with Gasteiger partial charge >= 0.3 is 5.97 Å². The minimum Gasteiger partial charge on any atom is -0.486 e. The molecule has 1 N–H and O–H groups in total. The van der Waals surface area contributed by atoms with E-state index in [1.165, 1.54) is 12.4 Å². The topological polar surface area (TPSA) is 86.5 Å². The van der Waals surface area contributed by atoms with Crippen molar-refractivity contribution < 1.29 is 19.4 Å². The number of fused-ring (bicyclic) bond motifs is 1. The average molecular weight is 450 g/mol. The monoisotopic (exact) mass is 449 g/mol. The number of rotatable bonds is 6. The fourth-order valence-corrected chi connectivity index (χ4v) is 4.34. The van der Waals surface area contributed by atoms with Gasteiger partial charge in [0.05, 0.1) is 15.6 Å². The molecule has 2 atom stereocenters. The lowest BCUT2D eigenvalue weighted by Gasteiger charge is -2.23. The molecule has 30 heavy (non-hydrogen) atoms. The normalized spacial score (nSPS) is 17.8. The number of carbonyl (C=O) groups is 1. The predicted octanol–water partition coefficient (Wildman–Crippen LogP) is 5.67. The number of pyridine rings is 1. The molecular formula is C21H21Cl2N3O4. The molecule has 158 valence electrons. The Balaban J connectivity index is 1.72. The molecule has 9 heteroatoms. The summed E-state index contributed by atoms with van der Waals surface area (Å²) in [4.78, 5) is 15.8. The van der Waals surface area contributed by atoms with E-state index < -0.39 is 12.1 Å². The highest BCUT2D eigenvalue weighted by Crippen LogP contribution is 2.36. The quantitative estimate of drug-likeness (QED) is 0.521. The van der Waals surface area contributed by atoms with E-state index in [2.05, 4.69) is 10.1 Å². The number of benzene rings is 1. The highest BCUT2D eigenvalue weighted by Gasteiger charge is 2.25. The molecule has 3 aromatic rings. The minimum atomic E-state index is -1.10. The van der Waals surface area contributed by atoms with Gasteiger partial charge < -0.3 is 14.6 Å². The maximum atomic E-state index is 11.8. The van der Waals surface area contributed by atoms with Gasteiger partial charge in [-0.3, -0.25) is 4.98 Å². The molecule has 0 saturated carbocycles. The molecule has 3 heterocycles. The van der Waals surface area contributed by atoms with Crippen molar-refractivity contribution in [1.29, 1.82) is 0 Å². The van der Waals surface area contributed by atoms with Crippen LogP contribution in [0.25, 0.3) is 10.9 Å². The third-order valence-corrected chi connectivity index (χ3v) is 5.77. The number of halogens is 2. The third-order valence-electron chi connectivity index (χ3n) is 5.17. The van der Waals surface area contributed by atoms with E-state index in [9.17, 15) is 9.90 Å². The van der Waals surface area contributed by atoms with Crippen LogP contribution in [0.1, 0.15) is 61.0 Å². The summed E-state index contributed by atoms with van der Waals surface area (Å²) in [6, 6.07) is 5.29. The number of carboxylic acid groups (broad SMARTS) is 1. The molecule has 1 saturated heterocycles. The highest BCUT2D eigenvalue weighted by molar-refractivity contribution is 6.35. The van der Waals surface area contributed by atoms with Crippen LogP contribution in [0.2, 0.25) is 10.0 Å². The van der Waals surface area contributed by atoms with Crippen molar-refractivity contribution in [1.82, 2.24) is 14.8 Å². The third kappa shape index (κ3) is 3.97. The van der Waals surface area contributed by atoms with Crippen LogP contribution in [0, 0.1) is 0 Å². The Bertz CT molecular complexity index is 1060. The summed E-state index contributed by atoms with van der Waals surface area (Å²) in [5, 5.41) is 15.3. The summed E-state index contributed by atoms with van der Waals surface area (Å²) in [6.45, 7) is 2.60. The van der Waals surface area contributed by atoms with Crippen LogP contribution in [0.4, 0.5) is 0 Å². The van der Waals surface area contributed by atoms with Gasteiger partial charge in [0, 0.05) is 30.0 Å². The average Bonchev–Trinajstić information content (AvgIpc) is 3.12. The maximum absolute atomic E-state index is 11.8. The van der Waals surface area contributed by atoms with Crippen molar-refractivity contribution >= 4 is 40.1 Å². The summed E-state index contributed by atoms with van der Waals surface area (Å²) in [7, 11) is 0. The zero-order valence-electron chi connectivity index (χ0n) is 16.3. The van der Waals surface area contributed by atoms with E-state index in [0.29, 0.717) is 45.3 Å². The van der Waals surface area contributed by atoms with Crippen LogP contribution in [0.15, 0.2) is 30.6 Å². The molecule has 7 nitrogen and oxygen atoms in total. The van der Waals surface area contributed by atoms with Gasteiger partial charge in [0.1, 0.15) is 11.9 Å². The standard InChI is InChI=1S/C21H21Cl2N3O4/c1-2-17(19-14(22)10-24-11-15(19)23)30-12-6-7-16-13(9-12)20(21(27)28)25-26(16)18-5-3-4-8-29-18/h6-7,9-11,17-18H,2-5,8H2,1H3,(H,27,28). The summed E-state index contributed by atoms with van der Waals surface area (Å²) in [6.07, 6.45) is 5.80. The summed E-state index contributed by atoms with van der Waals surface area (Å²) in [5.74, 6) is -0.594. The molecule has 0 spiro atoms. The van der Waals surface area contributed by atoms with Crippen molar-refractivity contribution in [3.05, 3.63) is 51.9 Å². The number of hydrogen-bond acceptors (Lipinski definition) is 5. The van der Waals surface area contributed by atoms with E-state index in [4.69, 9.17) is 32.7 Å². The SMILES string of the molecule is CCC(Oc1ccc2c(c1)c(C(=O)O)nn2C1CCCCO1)c1c(Cl)cncc1Cl. The van der Waals surface area contributed by atoms with Gasteiger partial charge in [-0.15, -0.1) is 0 Å². The molecule has 0 aliphatic carbocycles. The molecule has 0 bridgehead atoms. The first kappa shape index (κ1) is 20.9. The minimum absolute atomic E-state index is 0.0300. The molecule has 1 aromatic carbocycles. The Kier molecular flexibility index (Phi) is 6.13.